The van der Waals surface area contributed by atoms with Gasteiger partial charge in [0.15, 0.2) is 0 Å². The molecular weight excluding hydrogens is 220 g/mol. The summed E-state index contributed by atoms with van der Waals surface area (Å²) in [5.41, 5.74) is 0. The third kappa shape index (κ3) is 2.97. The molecule has 0 spiro atoms. The number of aliphatic hydroxyl groups is 1. The Morgan fingerprint density at radius 1 is 1.53 bits per heavy atom. The van der Waals surface area contributed by atoms with Crippen LogP contribution in [0.5, 0.6) is 0 Å². The summed E-state index contributed by atoms with van der Waals surface area (Å²) in [5.74, 6) is 0.166. The summed E-state index contributed by atoms with van der Waals surface area (Å²) in [6, 6.07) is 0.0673. The monoisotopic (exact) mass is 242 g/mol. The fourth-order valence-corrected chi connectivity index (χ4v) is 2.50. The molecule has 5 heteroatoms. The molecule has 17 heavy (non-hydrogen) atoms. The second-order valence-corrected chi connectivity index (χ2v) is 4.98. The maximum absolute atomic E-state index is 12.4. The van der Waals surface area contributed by atoms with Crippen molar-refractivity contribution >= 4 is 5.91 Å². The molecule has 0 aromatic heterocycles. The van der Waals surface area contributed by atoms with E-state index in [1.165, 1.54) is 0 Å². The van der Waals surface area contributed by atoms with Gasteiger partial charge in [0.2, 0.25) is 5.91 Å². The third-order valence-corrected chi connectivity index (χ3v) is 3.60. The Bertz CT molecular complexity index is 266. The molecule has 3 unspecified atom stereocenters. The van der Waals surface area contributed by atoms with Crippen LogP contribution in [-0.2, 0) is 9.53 Å². The van der Waals surface area contributed by atoms with Crippen molar-refractivity contribution in [2.75, 3.05) is 26.3 Å². The van der Waals surface area contributed by atoms with E-state index in [0.717, 1.165) is 25.8 Å². The van der Waals surface area contributed by atoms with Gasteiger partial charge in [0.05, 0.1) is 31.4 Å². The van der Waals surface area contributed by atoms with Crippen LogP contribution >= 0.6 is 0 Å². The third-order valence-electron chi connectivity index (χ3n) is 3.60. The number of nitrogens with one attached hydrogen (secondary N) is 1. The summed E-state index contributed by atoms with van der Waals surface area (Å²) in [7, 11) is 0. The van der Waals surface area contributed by atoms with Crippen LogP contribution in [0.2, 0.25) is 0 Å². The largest absolute Gasteiger partial charge is 0.394 e. The van der Waals surface area contributed by atoms with Crippen LogP contribution in [0.4, 0.5) is 0 Å². The zero-order valence-corrected chi connectivity index (χ0v) is 10.4. The molecule has 0 radical (unpaired) electrons. The average molecular weight is 242 g/mol. The van der Waals surface area contributed by atoms with Crippen LogP contribution < -0.4 is 5.32 Å². The summed E-state index contributed by atoms with van der Waals surface area (Å²) < 4.78 is 5.44. The topological polar surface area (TPSA) is 61.8 Å². The van der Waals surface area contributed by atoms with Crippen molar-refractivity contribution in [3.05, 3.63) is 0 Å². The van der Waals surface area contributed by atoms with E-state index in [9.17, 15) is 4.79 Å². The van der Waals surface area contributed by atoms with Crippen LogP contribution in [0.15, 0.2) is 0 Å². The molecule has 0 aliphatic carbocycles. The SMILES string of the molecule is CC1COC(CO)CN1C(=O)C1CCCCN1. The highest BCUT2D eigenvalue weighted by Gasteiger charge is 2.33. The Morgan fingerprint density at radius 3 is 3.00 bits per heavy atom. The molecule has 5 nitrogen and oxygen atoms in total. The Labute approximate surface area is 102 Å². The molecule has 2 fully saturated rings. The predicted molar refractivity (Wildman–Crippen MR) is 63.6 cm³/mol. The molecule has 3 atom stereocenters. The lowest BCUT2D eigenvalue weighted by Crippen LogP contribution is -2.57. The molecule has 0 bridgehead atoms. The van der Waals surface area contributed by atoms with Crippen molar-refractivity contribution in [3.63, 3.8) is 0 Å². The Hall–Kier alpha value is -0.650. The first-order valence-corrected chi connectivity index (χ1v) is 6.48. The van der Waals surface area contributed by atoms with Gasteiger partial charge >= 0.3 is 0 Å². The Balaban J connectivity index is 1.95. The molecule has 1 amide bonds. The highest BCUT2D eigenvalue weighted by atomic mass is 16.5. The molecule has 2 rings (SSSR count). The average Bonchev–Trinajstić information content (AvgIpc) is 2.39. The van der Waals surface area contributed by atoms with Crippen molar-refractivity contribution in [1.29, 1.82) is 0 Å². The normalized spacial score (nSPS) is 34.7. The number of aliphatic hydroxyl groups excluding tert-OH is 1. The van der Waals surface area contributed by atoms with E-state index >= 15 is 0 Å². The molecular formula is C12H22N2O3. The van der Waals surface area contributed by atoms with E-state index in [1.54, 1.807) is 0 Å². The lowest BCUT2D eigenvalue weighted by molar-refractivity contribution is -0.148. The summed E-state index contributed by atoms with van der Waals surface area (Å²) >= 11 is 0. The maximum atomic E-state index is 12.4. The number of amides is 1. The number of carbonyl (C=O) groups is 1. The second-order valence-electron chi connectivity index (χ2n) is 4.98. The molecule has 2 saturated heterocycles. The smallest absolute Gasteiger partial charge is 0.240 e. The van der Waals surface area contributed by atoms with Gasteiger partial charge in [-0.3, -0.25) is 4.79 Å². The zero-order valence-electron chi connectivity index (χ0n) is 10.4. The van der Waals surface area contributed by atoms with E-state index in [1.807, 2.05) is 11.8 Å². The van der Waals surface area contributed by atoms with Crippen LogP contribution in [0.3, 0.4) is 0 Å². The fourth-order valence-electron chi connectivity index (χ4n) is 2.50. The van der Waals surface area contributed by atoms with Gasteiger partial charge < -0.3 is 20.1 Å². The molecule has 0 aromatic carbocycles. The van der Waals surface area contributed by atoms with Crippen molar-refractivity contribution in [3.8, 4) is 0 Å². The van der Waals surface area contributed by atoms with E-state index in [2.05, 4.69) is 5.32 Å². The van der Waals surface area contributed by atoms with Gasteiger partial charge in [0.25, 0.3) is 0 Å². The molecule has 0 saturated carbocycles. The summed E-state index contributed by atoms with van der Waals surface area (Å²) in [6.45, 7) is 3.93. The van der Waals surface area contributed by atoms with Gasteiger partial charge in [-0.1, -0.05) is 6.42 Å². The van der Waals surface area contributed by atoms with Crippen molar-refractivity contribution in [1.82, 2.24) is 10.2 Å². The number of morpholine rings is 1. The van der Waals surface area contributed by atoms with Gasteiger partial charge in [0, 0.05) is 6.54 Å². The minimum absolute atomic E-state index is 0.0193. The van der Waals surface area contributed by atoms with Gasteiger partial charge in [-0.15, -0.1) is 0 Å². The van der Waals surface area contributed by atoms with Gasteiger partial charge in [-0.05, 0) is 26.3 Å². The van der Waals surface area contributed by atoms with Crippen molar-refractivity contribution < 1.29 is 14.6 Å². The summed E-state index contributed by atoms with van der Waals surface area (Å²) in [5, 5.41) is 12.4. The Morgan fingerprint density at radius 2 is 2.35 bits per heavy atom. The first-order valence-electron chi connectivity index (χ1n) is 6.48. The van der Waals surface area contributed by atoms with E-state index in [0.29, 0.717) is 13.2 Å². The molecule has 0 aromatic rings. The standard InChI is InChI=1S/C12H22N2O3/c1-9-8-17-10(7-15)6-14(9)12(16)11-4-2-3-5-13-11/h9-11,13,15H,2-8H2,1H3. The first kappa shape index (κ1) is 12.8. The fraction of sp³-hybridized carbons (Fsp3) is 0.917. The number of ether oxygens (including phenoxy) is 1. The maximum Gasteiger partial charge on any atom is 0.240 e. The number of rotatable bonds is 2. The predicted octanol–water partition coefficient (Wildman–Crippen LogP) is -0.263. The molecule has 2 N–H and O–H groups in total. The van der Waals surface area contributed by atoms with Gasteiger partial charge in [-0.25, -0.2) is 0 Å². The first-order chi connectivity index (χ1) is 8.22. The molecule has 2 aliphatic heterocycles. The van der Waals surface area contributed by atoms with Crippen LogP contribution in [0.1, 0.15) is 26.2 Å². The number of nitrogens with zero attached hydrogens (tertiary/aromatic N) is 1. The lowest BCUT2D eigenvalue weighted by Gasteiger charge is -2.40. The summed E-state index contributed by atoms with van der Waals surface area (Å²) in [4.78, 5) is 14.2. The van der Waals surface area contributed by atoms with E-state index in [4.69, 9.17) is 9.84 Å². The van der Waals surface area contributed by atoms with Crippen molar-refractivity contribution in [2.24, 2.45) is 0 Å². The van der Waals surface area contributed by atoms with Gasteiger partial charge in [0.1, 0.15) is 0 Å². The number of piperidine rings is 1. The van der Waals surface area contributed by atoms with Gasteiger partial charge in [-0.2, -0.15) is 0 Å². The minimum atomic E-state index is -0.223. The molecule has 98 valence electrons. The number of hydrogen-bond donors (Lipinski definition) is 2. The molecule has 2 aliphatic rings. The van der Waals surface area contributed by atoms with E-state index < -0.39 is 0 Å². The highest BCUT2D eigenvalue weighted by Crippen LogP contribution is 2.16. The van der Waals surface area contributed by atoms with Crippen LogP contribution in [-0.4, -0.2) is 60.4 Å². The number of hydrogen-bond acceptors (Lipinski definition) is 4. The lowest BCUT2D eigenvalue weighted by atomic mass is 10.0. The zero-order chi connectivity index (χ0) is 12.3. The van der Waals surface area contributed by atoms with Crippen LogP contribution in [0, 0.1) is 0 Å². The quantitative estimate of drug-likeness (QED) is 0.700. The highest BCUT2D eigenvalue weighted by molar-refractivity contribution is 5.82. The van der Waals surface area contributed by atoms with Crippen LogP contribution in [0.25, 0.3) is 0 Å². The number of carbonyl (C=O) groups excluding carboxylic acids is 1. The van der Waals surface area contributed by atoms with Crippen molar-refractivity contribution in [2.45, 2.75) is 44.4 Å². The Kier molecular flexibility index (Phi) is 4.36. The van der Waals surface area contributed by atoms with E-state index in [-0.39, 0.29) is 30.7 Å². The second kappa shape index (κ2) is 5.80. The minimum Gasteiger partial charge on any atom is -0.394 e. The summed E-state index contributed by atoms with van der Waals surface area (Å²) in [6.07, 6.45) is 2.97. The molecule has 2 heterocycles.